The number of hydrogen-bond donors (Lipinski definition) is 1. The van der Waals surface area contributed by atoms with Crippen molar-refractivity contribution >= 4 is 11.6 Å². The number of hydrogen-bond acceptors (Lipinski definition) is 1. The molecule has 0 heterocycles. The summed E-state index contributed by atoms with van der Waals surface area (Å²) >= 11 is 6.16. The Kier molecular flexibility index (Phi) is 4.11. The number of benzene rings is 1. The Balaban J connectivity index is 1.88. The van der Waals surface area contributed by atoms with Crippen LogP contribution in [-0.4, -0.2) is 6.04 Å². The van der Waals surface area contributed by atoms with Gasteiger partial charge in [0.05, 0.1) is 0 Å². The van der Waals surface area contributed by atoms with Crippen LogP contribution in [0.15, 0.2) is 24.3 Å². The molecule has 0 radical (unpaired) electrons. The van der Waals surface area contributed by atoms with Crippen LogP contribution < -0.4 is 5.32 Å². The van der Waals surface area contributed by atoms with Gasteiger partial charge in [0.25, 0.3) is 0 Å². The summed E-state index contributed by atoms with van der Waals surface area (Å²) in [5.41, 5.74) is 1.70. The molecule has 1 aliphatic carbocycles. The maximum absolute atomic E-state index is 6.16. The largest absolute Gasteiger partial charge is 0.310 e. The van der Waals surface area contributed by atoms with E-state index in [2.05, 4.69) is 25.2 Å². The first-order valence-corrected chi connectivity index (χ1v) is 6.91. The van der Waals surface area contributed by atoms with Crippen LogP contribution in [0.3, 0.4) is 0 Å². The molecule has 2 heteroatoms. The smallest absolute Gasteiger partial charge is 0.0450 e. The minimum absolute atomic E-state index is 0.496. The zero-order valence-corrected chi connectivity index (χ0v) is 11.6. The van der Waals surface area contributed by atoms with E-state index in [9.17, 15) is 0 Å². The molecule has 1 aliphatic rings. The van der Waals surface area contributed by atoms with Crippen molar-refractivity contribution in [2.45, 2.75) is 52.1 Å². The van der Waals surface area contributed by atoms with Crippen molar-refractivity contribution in [3.05, 3.63) is 34.9 Å². The minimum atomic E-state index is 0.496. The van der Waals surface area contributed by atoms with Crippen molar-refractivity contribution in [1.29, 1.82) is 0 Å². The monoisotopic (exact) mass is 251 g/mol. The van der Waals surface area contributed by atoms with Crippen LogP contribution >= 0.6 is 11.6 Å². The van der Waals surface area contributed by atoms with Crippen LogP contribution in [0.5, 0.6) is 0 Å². The SMILES string of the molecule is CC1(C)CCCC(NCc2ccccc2Cl)C1. The molecule has 0 amide bonds. The summed E-state index contributed by atoms with van der Waals surface area (Å²) in [6, 6.07) is 8.74. The van der Waals surface area contributed by atoms with Crippen molar-refractivity contribution < 1.29 is 0 Å². The third-order valence-corrected chi connectivity index (χ3v) is 4.11. The lowest BCUT2D eigenvalue weighted by atomic mass is 9.75. The Bertz CT molecular complexity index is 373. The first kappa shape index (κ1) is 12.9. The topological polar surface area (TPSA) is 12.0 Å². The summed E-state index contributed by atoms with van der Waals surface area (Å²) in [5.74, 6) is 0. The van der Waals surface area contributed by atoms with E-state index in [-0.39, 0.29) is 0 Å². The summed E-state index contributed by atoms with van der Waals surface area (Å²) in [7, 11) is 0. The molecule has 17 heavy (non-hydrogen) atoms. The fourth-order valence-electron chi connectivity index (χ4n) is 2.77. The Morgan fingerprint density at radius 1 is 1.35 bits per heavy atom. The van der Waals surface area contributed by atoms with Gasteiger partial charge in [-0.25, -0.2) is 0 Å². The van der Waals surface area contributed by atoms with Crippen molar-refractivity contribution in [3.63, 3.8) is 0 Å². The molecule has 1 atom stereocenters. The quantitative estimate of drug-likeness (QED) is 0.840. The third-order valence-electron chi connectivity index (χ3n) is 3.74. The first-order valence-electron chi connectivity index (χ1n) is 6.54. The fourth-order valence-corrected chi connectivity index (χ4v) is 2.97. The Morgan fingerprint density at radius 3 is 2.82 bits per heavy atom. The summed E-state index contributed by atoms with van der Waals surface area (Å²) in [5, 5.41) is 4.52. The van der Waals surface area contributed by atoms with Crippen LogP contribution in [-0.2, 0) is 6.54 Å². The summed E-state index contributed by atoms with van der Waals surface area (Å²) in [4.78, 5) is 0. The lowest BCUT2D eigenvalue weighted by Gasteiger charge is -2.35. The van der Waals surface area contributed by atoms with Gasteiger partial charge >= 0.3 is 0 Å². The normalized spacial score (nSPS) is 23.6. The highest BCUT2D eigenvalue weighted by molar-refractivity contribution is 6.31. The van der Waals surface area contributed by atoms with Crippen molar-refractivity contribution in [2.24, 2.45) is 5.41 Å². The van der Waals surface area contributed by atoms with Crippen molar-refractivity contribution in [2.75, 3.05) is 0 Å². The number of rotatable bonds is 3. The van der Waals surface area contributed by atoms with Gasteiger partial charge in [0.2, 0.25) is 0 Å². The first-order chi connectivity index (χ1) is 8.07. The maximum atomic E-state index is 6.16. The second-order valence-electron chi connectivity index (χ2n) is 5.93. The average Bonchev–Trinajstić information content (AvgIpc) is 2.27. The van der Waals surface area contributed by atoms with Crippen molar-refractivity contribution in [3.8, 4) is 0 Å². The van der Waals surface area contributed by atoms with E-state index in [0.29, 0.717) is 11.5 Å². The van der Waals surface area contributed by atoms with E-state index in [1.807, 2.05) is 18.2 Å². The lowest BCUT2D eigenvalue weighted by molar-refractivity contribution is 0.198. The van der Waals surface area contributed by atoms with Crippen molar-refractivity contribution in [1.82, 2.24) is 5.32 Å². The summed E-state index contributed by atoms with van der Waals surface area (Å²) in [6.45, 7) is 5.63. The lowest BCUT2D eigenvalue weighted by Crippen LogP contribution is -2.36. The van der Waals surface area contributed by atoms with Gasteiger partial charge in [0.1, 0.15) is 0 Å². The van der Waals surface area contributed by atoms with Crippen LogP contribution in [0.25, 0.3) is 0 Å². The Hall–Kier alpha value is -0.530. The van der Waals surface area contributed by atoms with Crippen LogP contribution in [0.1, 0.15) is 45.1 Å². The van der Waals surface area contributed by atoms with Crippen LogP contribution in [0, 0.1) is 5.41 Å². The second kappa shape index (κ2) is 5.41. The van der Waals surface area contributed by atoms with E-state index in [1.165, 1.54) is 31.2 Å². The van der Waals surface area contributed by atoms with Gasteiger partial charge in [0.15, 0.2) is 0 Å². The summed E-state index contributed by atoms with van der Waals surface area (Å²) < 4.78 is 0. The molecule has 1 aromatic rings. The molecule has 0 bridgehead atoms. The van der Waals surface area contributed by atoms with E-state index in [4.69, 9.17) is 11.6 Å². The molecule has 0 aliphatic heterocycles. The molecule has 1 saturated carbocycles. The van der Waals surface area contributed by atoms with Gasteiger partial charge in [-0.1, -0.05) is 50.1 Å². The van der Waals surface area contributed by atoms with Crippen LogP contribution in [0.4, 0.5) is 0 Å². The molecule has 2 rings (SSSR count). The van der Waals surface area contributed by atoms with Gasteiger partial charge in [-0.2, -0.15) is 0 Å². The maximum Gasteiger partial charge on any atom is 0.0450 e. The van der Waals surface area contributed by atoms with Crippen LogP contribution in [0.2, 0.25) is 5.02 Å². The molecule has 1 unspecified atom stereocenters. The van der Waals surface area contributed by atoms with E-state index < -0.39 is 0 Å². The van der Waals surface area contributed by atoms with Gasteiger partial charge in [-0.3, -0.25) is 0 Å². The number of nitrogens with one attached hydrogen (secondary N) is 1. The highest BCUT2D eigenvalue weighted by atomic mass is 35.5. The van der Waals surface area contributed by atoms with Gasteiger partial charge in [-0.05, 0) is 36.3 Å². The fraction of sp³-hybridized carbons (Fsp3) is 0.600. The van der Waals surface area contributed by atoms with E-state index in [1.54, 1.807) is 0 Å². The Labute approximate surface area is 110 Å². The molecule has 1 nitrogen and oxygen atoms in total. The van der Waals surface area contributed by atoms with Gasteiger partial charge < -0.3 is 5.32 Å². The highest BCUT2D eigenvalue weighted by Crippen LogP contribution is 2.35. The number of halogens is 1. The molecule has 0 saturated heterocycles. The minimum Gasteiger partial charge on any atom is -0.310 e. The highest BCUT2D eigenvalue weighted by Gasteiger charge is 2.27. The molecular weight excluding hydrogens is 230 g/mol. The van der Waals surface area contributed by atoms with E-state index >= 15 is 0 Å². The Morgan fingerprint density at radius 2 is 2.12 bits per heavy atom. The van der Waals surface area contributed by atoms with Gasteiger partial charge in [0, 0.05) is 17.6 Å². The predicted molar refractivity (Wildman–Crippen MR) is 74.3 cm³/mol. The zero-order chi connectivity index (χ0) is 12.3. The second-order valence-corrected chi connectivity index (χ2v) is 6.34. The molecule has 94 valence electrons. The predicted octanol–water partition coefficient (Wildman–Crippen LogP) is 4.40. The average molecular weight is 252 g/mol. The van der Waals surface area contributed by atoms with Gasteiger partial charge in [-0.15, -0.1) is 0 Å². The third kappa shape index (κ3) is 3.72. The molecule has 1 aromatic carbocycles. The molecule has 1 fully saturated rings. The molecule has 0 aromatic heterocycles. The zero-order valence-electron chi connectivity index (χ0n) is 10.8. The molecule has 1 N–H and O–H groups in total. The molecular formula is C15H22ClN. The van der Waals surface area contributed by atoms with E-state index in [0.717, 1.165) is 11.6 Å². The summed E-state index contributed by atoms with van der Waals surface area (Å²) in [6.07, 6.45) is 5.27. The standard InChI is InChI=1S/C15H22ClN/c1-15(2)9-5-7-13(10-15)17-11-12-6-3-4-8-14(12)16/h3-4,6,8,13,17H,5,7,9-11H2,1-2H3. The molecule has 0 spiro atoms.